The van der Waals surface area contributed by atoms with Gasteiger partial charge in [0.25, 0.3) is 0 Å². The molecule has 0 aliphatic rings. The van der Waals surface area contributed by atoms with Crippen molar-refractivity contribution in [2.75, 3.05) is 40.3 Å². The molecule has 0 aromatic heterocycles. The van der Waals surface area contributed by atoms with Crippen LogP contribution in [0.5, 0.6) is 5.75 Å². The quantitative estimate of drug-likeness (QED) is 0.754. The predicted octanol–water partition coefficient (Wildman–Crippen LogP) is 2.88. The molecule has 0 bridgehead atoms. The van der Waals surface area contributed by atoms with E-state index >= 15 is 0 Å². The SMILES string of the molecule is CN(C)CCNCCOc1ccccc1-c1ccccc1. The first kappa shape index (κ1) is 15.5. The lowest BCUT2D eigenvalue weighted by Gasteiger charge is -2.13. The standard InChI is InChI=1S/C18H24N2O/c1-20(2)14-12-19-13-15-21-18-11-7-6-10-17(18)16-8-4-3-5-9-16/h3-11,19H,12-15H2,1-2H3. The van der Waals surface area contributed by atoms with Crippen LogP contribution in [0.25, 0.3) is 11.1 Å². The van der Waals surface area contributed by atoms with Gasteiger partial charge in [0.1, 0.15) is 12.4 Å². The Morgan fingerprint density at radius 2 is 1.62 bits per heavy atom. The van der Waals surface area contributed by atoms with Crippen LogP contribution in [0.3, 0.4) is 0 Å². The van der Waals surface area contributed by atoms with Crippen LogP contribution in [-0.2, 0) is 0 Å². The van der Waals surface area contributed by atoms with E-state index < -0.39 is 0 Å². The second kappa shape index (κ2) is 8.45. The molecule has 112 valence electrons. The maximum absolute atomic E-state index is 5.92. The van der Waals surface area contributed by atoms with E-state index in [1.54, 1.807) is 0 Å². The molecule has 0 atom stereocenters. The summed E-state index contributed by atoms with van der Waals surface area (Å²) in [5, 5.41) is 3.38. The van der Waals surface area contributed by atoms with E-state index in [-0.39, 0.29) is 0 Å². The van der Waals surface area contributed by atoms with Crippen molar-refractivity contribution < 1.29 is 4.74 Å². The highest BCUT2D eigenvalue weighted by atomic mass is 16.5. The van der Waals surface area contributed by atoms with Crippen molar-refractivity contribution in [1.82, 2.24) is 10.2 Å². The van der Waals surface area contributed by atoms with Crippen LogP contribution >= 0.6 is 0 Å². The Morgan fingerprint density at radius 3 is 2.38 bits per heavy atom. The smallest absolute Gasteiger partial charge is 0.127 e. The molecule has 0 unspecified atom stereocenters. The number of nitrogens with zero attached hydrogens (tertiary/aromatic N) is 1. The molecule has 2 aromatic carbocycles. The van der Waals surface area contributed by atoms with Crippen molar-refractivity contribution in [2.45, 2.75) is 0 Å². The second-order valence-corrected chi connectivity index (χ2v) is 5.26. The largest absolute Gasteiger partial charge is 0.492 e. The molecule has 3 heteroatoms. The summed E-state index contributed by atoms with van der Waals surface area (Å²) in [5.41, 5.74) is 2.33. The summed E-state index contributed by atoms with van der Waals surface area (Å²) in [6.07, 6.45) is 0. The molecule has 0 amide bonds. The van der Waals surface area contributed by atoms with Crippen LogP contribution in [0.1, 0.15) is 0 Å². The van der Waals surface area contributed by atoms with Crippen molar-refractivity contribution in [2.24, 2.45) is 0 Å². The lowest BCUT2D eigenvalue weighted by molar-refractivity contribution is 0.309. The Morgan fingerprint density at radius 1 is 0.905 bits per heavy atom. The Bertz CT molecular complexity index is 526. The Kier molecular flexibility index (Phi) is 6.25. The number of para-hydroxylation sites is 1. The van der Waals surface area contributed by atoms with Crippen LogP contribution in [0.4, 0.5) is 0 Å². The summed E-state index contributed by atoms with van der Waals surface area (Å²) < 4.78 is 5.92. The molecule has 2 rings (SSSR count). The lowest BCUT2D eigenvalue weighted by Crippen LogP contribution is -2.29. The third-order valence-corrected chi connectivity index (χ3v) is 3.24. The summed E-state index contributed by atoms with van der Waals surface area (Å²) in [6, 6.07) is 18.5. The zero-order chi connectivity index (χ0) is 14.9. The van der Waals surface area contributed by atoms with Crippen molar-refractivity contribution in [3.8, 4) is 16.9 Å². The minimum Gasteiger partial charge on any atom is -0.492 e. The first-order valence-corrected chi connectivity index (χ1v) is 7.40. The minimum absolute atomic E-state index is 0.678. The van der Waals surface area contributed by atoms with Crippen molar-refractivity contribution >= 4 is 0 Å². The van der Waals surface area contributed by atoms with Gasteiger partial charge in [0.05, 0.1) is 0 Å². The molecule has 0 saturated carbocycles. The van der Waals surface area contributed by atoms with E-state index in [0.717, 1.165) is 30.9 Å². The van der Waals surface area contributed by atoms with Crippen molar-refractivity contribution in [1.29, 1.82) is 0 Å². The topological polar surface area (TPSA) is 24.5 Å². The Balaban J connectivity index is 1.87. The number of hydrogen-bond acceptors (Lipinski definition) is 3. The van der Waals surface area contributed by atoms with Gasteiger partial charge in [0, 0.05) is 25.2 Å². The average molecular weight is 284 g/mol. The van der Waals surface area contributed by atoms with Crippen LogP contribution < -0.4 is 10.1 Å². The summed E-state index contributed by atoms with van der Waals surface area (Å²) in [5.74, 6) is 0.943. The summed E-state index contributed by atoms with van der Waals surface area (Å²) >= 11 is 0. The fourth-order valence-corrected chi connectivity index (χ4v) is 2.11. The highest BCUT2D eigenvalue weighted by Gasteiger charge is 2.04. The van der Waals surface area contributed by atoms with Gasteiger partial charge < -0.3 is 15.0 Å². The van der Waals surface area contributed by atoms with Gasteiger partial charge in [-0.25, -0.2) is 0 Å². The predicted molar refractivity (Wildman–Crippen MR) is 88.8 cm³/mol. The number of hydrogen-bond donors (Lipinski definition) is 1. The summed E-state index contributed by atoms with van der Waals surface area (Å²) in [6.45, 7) is 3.56. The first-order chi connectivity index (χ1) is 10.3. The van der Waals surface area contributed by atoms with Crippen LogP contribution in [0, 0.1) is 0 Å². The minimum atomic E-state index is 0.678. The molecule has 0 aliphatic heterocycles. The molecule has 0 fully saturated rings. The van der Waals surface area contributed by atoms with E-state index in [1.807, 2.05) is 24.3 Å². The highest BCUT2D eigenvalue weighted by molar-refractivity contribution is 5.70. The van der Waals surface area contributed by atoms with Gasteiger partial charge in [-0.2, -0.15) is 0 Å². The van der Waals surface area contributed by atoms with E-state index in [2.05, 4.69) is 54.6 Å². The van der Waals surface area contributed by atoms with Crippen LogP contribution in [-0.4, -0.2) is 45.2 Å². The lowest BCUT2D eigenvalue weighted by atomic mass is 10.1. The maximum Gasteiger partial charge on any atom is 0.127 e. The molecular formula is C18H24N2O. The van der Waals surface area contributed by atoms with Gasteiger partial charge >= 0.3 is 0 Å². The molecule has 0 saturated heterocycles. The van der Waals surface area contributed by atoms with Gasteiger partial charge in [-0.1, -0.05) is 48.5 Å². The zero-order valence-corrected chi connectivity index (χ0v) is 12.9. The molecule has 0 aliphatic carbocycles. The molecular weight excluding hydrogens is 260 g/mol. The molecule has 1 N–H and O–H groups in total. The second-order valence-electron chi connectivity index (χ2n) is 5.26. The van der Waals surface area contributed by atoms with Crippen molar-refractivity contribution in [3.05, 3.63) is 54.6 Å². The number of likely N-dealkylation sites (N-methyl/N-ethyl adjacent to an activating group) is 1. The molecule has 2 aromatic rings. The molecule has 0 heterocycles. The molecule has 0 spiro atoms. The number of ether oxygens (including phenoxy) is 1. The fraction of sp³-hybridized carbons (Fsp3) is 0.333. The third kappa shape index (κ3) is 5.21. The first-order valence-electron chi connectivity index (χ1n) is 7.40. The van der Waals surface area contributed by atoms with Gasteiger partial charge in [-0.15, -0.1) is 0 Å². The van der Waals surface area contributed by atoms with Gasteiger partial charge in [0.2, 0.25) is 0 Å². The van der Waals surface area contributed by atoms with Gasteiger partial charge in [-0.3, -0.25) is 0 Å². The summed E-state index contributed by atoms with van der Waals surface area (Å²) in [7, 11) is 4.16. The third-order valence-electron chi connectivity index (χ3n) is 3.24. The van der Waals surface area contributed by atoms with Gasteiger partial charge in [0.15, 0.2) is 0 Å². The number of benzene rings is 2. The maximum atomic E-state index is 5.92. The molecule has 3 nitrogen and oxygen atoms in total. The van der Waals surface area contributed by atoms with E-state index in [4.69, 9.17) is 4.74 Å². The monoisotopic (exact) mass is 284 g/mol. The van der Waals surface area contributed by atoms with Crippen LogP contribution in [0.2, 0.25) is 0 Å². The van der Waals surface area contributed by atoms with E-state index in [0.29, 0.717) is 6.61 Å². The Hall–Kier alpha value is -1.84. The van der Waals surface area contributed by atoms with Crippen molar-refractivity contribution in [3.63, 3.8) is 0 Å². The number of rotatable bonds is 8. The molecule has 0 radical (unpaired) electrons. The highest BCUT2D eigenvalue weighted by Crippen LogP contribution is 2.29. The van der Waals surface area contributed by atoms with E-state index in [1.165, 1.54) is 5.56 Å². The van der Waals surface area contributed by atoms with Crippen LogP contribution in [0.15, 0.2) is 54.6 Å². The normalized spacial score (nSPS) is 10.8. The number of nitrogens with one attached hydrogen (secondary N) is 1. The van der Waals surface area contributed by atoms with E-state index in [9.17, 15) is 0 Å². The fourth-order valence-electron chi connectivity index (χ4n) is 2.11. The Labute approximate surface area is 127 Å². The van der Waals surface area contributed by atoms with Gasteiger partial charge in [-0.05, 0) is 25.7 Å². The zero-order valence-electron chi connectivity index (χ0n) is 12.9. The average Bonchev–Trinajstić information content (AvgIpc) is 2.52. The summed E-state index contributed by atoms with van der Waals surface area (Å²) in [4.78, 5) is 2.17. The molecule has 21 heavy (non-hydrogen) atoms.